The van der Waals surface area contributed by atoms with Crippen LogP contribution in [0.1, 0.15) is 0 Å². The van der Waals surface area contributed by atoms with E-state index in [1.807, 2.05) is 0 Å². The Labute approximate surface area is 72.9 Å². The molecule has 0 bridgehead atoms. The van der Waals surface area contributed by atoms with Gasteiger partial charge in [0.05, 0.1) is 16.9 Å². The van der Waals surface area contributed by atoms with Crippen LogP contribution in [0.2, 0.25) is 0 Å². The SMILES string of the molecule is C#CCOc1cnncc1Br. The number of aromatic nitrogens is 2. The zero-order valence-electron chi connectivity index (χ0n) is 5.62. The van der Waals surface area contributed by atoms with E-state index in [1.54, 1.807) is 6.20 Å². The number of rotatable bonds is 2. The summed E-state index contributed by atoms with van der Waals surface area (Å²) in [6.07, 6.45) is 8.05. The Balaban J connectivity index is 2.71. The van der Waals surface area contributed by atoms with Gasteiger partial charge in [0.1, 0.15) is 6.61 Å². The van der Waals surface area contributed by atoms with Crippen LogP contribution in [0.15, 0.2) is 16.9 Å². The van der Waals surface area contributed by atoms with Crippen molar-refractivity contribution < 1.29 is 4.74 Å². The lowest BCUT2D eigenvalue weighted by Gasteiger charge is -2.01. The van der Waals surface area contributed by atoms with Gasteiger partial charge >= 0.3 is 0 Å². The molecular formula is C7H5BrN2O. The molecule has 3 nitrogen and oxygen atoms in total. The summed E-state index contributed by atoms with van der Waals surface area (Å²) in [6, 6.07) is 0. The minimum absolute atomic E-state index is 0.240. The Hall–Kier alpha value is -1.08. The average Bonchev–Trinajstić information content (AvgIpc) is 2.03. The predicted octanol–water partition coefficient (Wildman–Crippen LogP) is 1.25. The number of terminal acetylenes is 1. The van der Waals surface area contributed by atoms with Crippen LogP contribution in [0.4, 0.5) is 0 Å². The third-order valence-electron chi connectivity index (χ3n) is 0.959. The van der Waals surface area contributed by atoms with Gasteiger partial charge in [0.15, 0.2) is 5.75 Å². The van der Waals surface area contributed by atoms with E-state index >= 15 is 0 Å². The minimum Gasteiger partial charge on any atom is -0.478 e. The maximum Gasteiger partial charge on any atom is 0.156 e. The summed E-state index contributed by atoms with van der Waals surface area (Å²) in [5.41, 5.74) is 0. The van der Waals surface area contributed by atoms with E-state index in [-0.39, 0.29) is 6.61 Å². The quantitative estimate of drug-likeness (QED) is 0.693. The maximum atomic E-state index is 5.10. The van der Waals surface area contributed by atoms with E-state index in [2.05, 4.69) is 32.0 Å². The summed E-state index contributed by atoms with van der Waals surface area (Å²) in [6.45, 7) is 0.240. The lowest BCUT2D eigenvalue weighted by molar-refractivity contribution is 0.365. The Morgan fingerprint density at radius 3 is 2.91 bits per heavy atom. The highest BCUT2D eigenvalue weighted by atomic mass is 79.9. The molecular weight excluding hydrogens is 208 g/mol. The van der Waals surface area contributed by atoms with E-state index in [1.165, 1.54) is 6.20 Å². The number of halogens is 1. The van der Waals surface area contributed by atoms with Crippen LogP contribution in [0.3, 0.4) is 0 Å². The third-order valence-corrected chi connectivity index (χ3v) is 1.55. The molecule has 1 aromatic heterocycles. The monoisotopic (exact) mass is 212 g/mol. The first-order valence-corrected chi connectivity index (χ1v) is 3.66. The highest BCUT2D eigenvalue weighted by Crippen LogP contribution is 2.20. The summed E-state index contributed by atoms with van der Waals surface area (Å²) >= 11 is 3.23. The fraction of sp³-hybridized carbons (Fsp3) is 0.143. The Bertz CT molecular complexity index is 282. The van der Waals surface area contributed by atoms with E-state index < -0.39 is 0 Å². The minimum atomic E-state index is 0.240. The molecule has 0 unspecified atom stereocenters. The van der Waals surface area contributed by atoms with E-state index in [0.29, 0.717) is 5.75 Å². The molecule has 0 fully saturated rings. The van der Waals surface area contributed by atoms with Crippen LogP contribution in [-0.2, 0) is 0 Å². The van der Waals surface area contributed by atoms with Crippen LogP contribution in [0, 0.1) is 12.3 Å². The van der Waals surface area contributed by atoms with E-state index in [0.717, 1.165) is 4.47 Å². The van der Waals surface area contributed by atoms with Crippen LogP contribution < -0.4 is 4.74 Å². The number of hydrogen-bond acceptors (Lipinski definition) is 3. The molecule has 1 heterocycles. The highest BCUT2D eigenvalue weighted by Gasteiger charge is 1.98. The first-order chi connectivity index (χ1) is 5.34. The smallest absolute Gasteiger partial charge is 0.156 e. The van der Waals surface area contributed by atoms with Gasteiger partial charge in [0.2, 0.25) is 0 Å². The van der Waals surface area contributed by atoms with Crippen molar-refractivity contribution >= 4 is 15.9 Å². The molecule has 0 aliphatic heterocycles. The third kappa shape index (κ3) is 2.20. The second-order valence-electron chi connectivity index (χ2n) is 1.69. The Morgan fingerprint density at radius 2 is 2.27 bits per heavy atom. The van der Waals surface area contributed by atoms with Crippen LogP contribution in [0.25, 0.3) is 0 Å². The molecule has 0 atom stereocenters. The van der Waals surface area contributed by atoms with Crippen molar-refractivity contribution in [1.82, 2.24) is 10.2 Å². The molecule has 11 heavy (non-hydrogen) atoms. The van der Waals surface area contributed by atoms with Gasteiger partial charge in [-0.3, -0.25) is 0 Å². The molecule has 1 rings (SSSR count). The first kappa shape index (κ1) is 8.02. The fourth-order valence-corrected chi connectivity index (χ4v) is 0.829. The fourth-order valence-electron chi connectivity index (χ4n) is 0.521. The summed E-state index contributed by atoms with van der Waals surface area (Å²) in [5, 5.41) is 7.25. The molecule has 0 aliphatic carbocycles. The molecule has 1 aromatic rings. The molecule has 0 spiro atoms. The molecule has 0 N–H and O–H groups in total. The van der Waals surface area contributed by atoms with Gasteiger partial charge in [-0.25, -0.2) is 0 Å². The molecule has 0 aliphatic rings. The van der Waals surface area contributed by atoms with Gasteiger partial charge in [-0.15, -0.1) is 6.42 Å². The van der Waals surface area contributed by atoms with Gasteiger partial charge in [-0.1, -0.05) is 5.92 Å². The van der Waals surface area contributed by atoms with Gasteiger partial charge < -0.3 is 4.74 Å². The number of nitrogens with zero attached hydrogens (tertiary/aromatic N) is 2. The number of hydrogen-bond donors (Lipinski definition) is 0. The molecule has 0 saturated carbocycles. The van der Waals surface area contributed by atoms with Crippen molar-refractivity contribution in [1.29, 1.82) is 0 Å². The van der Waals surface area contributed by atoms with E-state index in [9.17, 15) is 0 Å². The van der Waals surface area contributed by atoms with Crippen LogP contribution in [-0.4, -0.2) is 16.8 Å². The van der Waals surface area contributed by atoms with Gasteiger partial charge in [0.25, 0.3) is 0 Å². The molecule has 0 amide bonds. The van der Waals surface area contributed by atoms with Crippen molar-refractivity contribution in [2.45, 2.75) is 0 Å². The highest BCUT2D eigenvalue weighted by molar-refractivity contribution is 9.10. The summed E-state index contributed by atoms with van der Waals surface area (Å²) in [7, 11) is 0. The van der Waals surface area contributed by atoms with Crippen molar-refractivity contribution in [3.8, 4) is 18.1 Å². The first-order valence-electron chi connectivity index (χ1n) is 2.87. The lowest BCUT2D eigenvalue weighted by Crippen LogP contribution is -1.95. The van der Waals surface area contributed by atoms with Crippen molar-refractivity contribution in [2.24, 2.45) is 0 Å². The molecule has 56 valence electrons. The van der Waals surface area contributed by atoms with Crippen LogP contribution in [0.5, 0.6) is 5.75 Å². The largest absolute Gasteiger partial charge is 0.478 e. The molecule has 0 saturated heterocycles. The summed E-state index contributed by atoms with van der Waals surface area (Å²) < 4.78 is 5.85. The average molecular weight is 213 g/mol. The van der Waals surface area contributed by atoms with E-state index in [4.69, 9.17) is 11.2 Å². The standard InChI is InChI=1S/C7H5BrN2O/c1-2-3-11-7-5-10-9-4-6(7)8/h1,4-5H,3H2. The maximum absolute atomic E-state index is 5.10. The molecule has 4 heteroatoms. The zero-order chi connectivity index (χ0) is 8.10. The normalized spacial score (nSPS) is 8.73. The van der Waals surface area contributed by atoms with Gasteiger partial charge in [-0.2, -0.15) is 10.2 Å². The second-order valence-corrected chi connectivity index (χ2v) is 2.55. The number of ether oxygens (including phenoxy) is 1. The Morgan fingerprint density at radius 1 is 1.55 bits per heavy atom. The summed E-state index contributed by atoms with van der Waals surface area (Å²) in [5.74, 6) is 2.96. The summed E-state index contributed by atoms with van der Waals surface area (Å²) in [4.78, 5) is 0. The molecule has 0 aromatic carbocycles. The molecule has 0 radical (unpaired) electrons. The van der Waals surface area contributed by atoms with Gasteiger partial charge in [-0.05, 0) is 15.9 Å². The second kappa shape index (κ2) is 3.94. The van der Waals surface area contributed by atoms with Gasteiger partial charge in [0, 0.05) is 0 Å². The van der Waals surface area contributed by atoms with Crippen molar-refractivity contribution in [2.75, 3.05) is 6.61 Å². The Kier molecular flexibility index (Phi) is 2.87. The lowest BCUT2D eigenvalue weighted by atomic mass is 10.5. The topological polar surface area (TPSA) is 35.0 Å². The zero-order valence-corrected chi connectivity index (χ0v) is 7.21. The van der Waals surface area contributed by atoms with Crippen LogP contribution >= 0.6 is 15.9 Å². The van der Waals surface area contributed by atoms with Crippen molar-refractivity contribution in [3.63, 3.8) is 0 Å². The van der Waals surface area contributed by atoms with Crippen molar-refractivity contribution in [3.05, 3.63) is 16.9 Å². The predicted molar refractivity (Wildman–Crippen MR) is 44.1 cm³/mol.